The number of hydrogen-bond donors (Lipinski definition) is 0. The third-order valence-corrected chi connectivity index (χ3v) is 0.667. The average molecular weight is 181 g/mol. The van der Waals surface area contributed by atoms with Crippen LogP contribution in [-0.4, -0.2) is 66.9 Å². The molecule has 0 spiro atoms. The van der Waals surface area contributed by atoms with Gasteiger partial charge in [0.05, 0.1) is 0 Å². The van der Waals surface area contributed by atoms with E-state index in [-0.39, 0.29) is 51.4 Å². The monoisotopic (exact) mass is 180 g/mol. The summed E-state index contributed by atoms with van der Waals surface area (Å²) in [5.74, 6) is 0. The second-order valence-corrected chi connectivity index (χ2v) is 1.27. The van der Waals surface area contributed by atoms with Crippen LogP contribution in [0.25, 0.3) is 0 Å². The van der Waals surface area contributed by atoms with Crippen molar-refractivity contribution in [2.45, 2.75) is 5.62 Å². The molecule has 0 saturated carbocycles. The Morgan fingerprint density at radius 3 is 1.44 bits per heavy atom. The van der Waals surface area contributed by atoms with Gasteiger partial charge in [-0.15, -0.1) is 0 Å². The zero-order valence-electron chi connectivity index (χ0n) is 3.48. The van der Waals surface area contributed by atoms with Gasteiger partial charge in [-0.05, 0) is 0 Å². The second kappa shape index (κ2) is 5.51. The molecule has 0 aliphatic carbocycles. The Balaban J connectivity index is 0. The van der Waals surface area contributed by atoms with E-state index in [1.165, 1.54) is 0 Å². The summed E-state index contributed by atoms with van der Waals surface area (Å²) >= 11 is 4.55. The Morgan fingerprint density at radius 1 is 1.22 bits per heavy atom. The summed E-state index contributed by atoms with van der Waals surface area (Å²) < 4.78 is 0. The molecule has 0 unspecified atom stereocenters. The maximum atomic E-state index is 9.37. The molecule has 8 heteroatoms. The van der Waals surface area contributed by atoms with Gasteiger partial charge in [0.1, 0.15) is 9.85 Å². The first-order valence-electron chi connectivity index (χ1n) is 1.46. The van der Waals surface area contributed by atoms with E-state index in [2.05, 4.69) is 11.6 Å². The summed E-state index contributed by atoms with van der Waals surface area (Å²) in [5.41, 5.74) is -2.21. The zero-order valence-corrected chi connectivity index (χ0v) is 4.24. The van der Waals surface area contributed by atoms with Crippen molar-refractivity contribution in [1.82, 2.24) is 0 Å². The molecule has 0 amide bonds. The summed E-state index contributed by atoms with van der Waals surface area (Å²) in [6.07, 6.45) is 0. The SMILES string of the molecule is O=[N+]([O-])C(Cl)[N+](=O)[O-].[KH]. The van der Waals surface area contributed by atoms with Gasteiger partial charge in [-0.2, -0.15) is 0 Å². The van der Waals surface area contributed by atoms with Crippen LogP contribution < -0.4 is 0 Å². The predicted molar refractivity (Wildman–Crippen MR) is 30.8 cm³/mol. The number of halogens is 1. The topological polar surface area (TPSA) is 86.3 Å². The van der Waals surface area contributed by atoms with E-state index in [0.29, 0.717) is 0 Å². The van der Waals surface area contributed by atoms with Crippen molar-refractivity contribution < 1.29 is 9.85 Å². The van der Waals surface area contributed by atoms with Crippen LogP contribution in [0, 0.1) is 20.2 Å². The van der Waals surface area contributed by atoms with E-state index in [1.54, 1.807) is 0 Å². The fourth-order valence-electron chi connectivity index (χ4n) is 0.0770. The molecule has 6 nitrogen and oxygen atoms in total. The van der Waals surface area contributed by atoms with Gasteiger partial charge in [0.15, 0.2) is 0 Å². The number of hydrogen-bond acceptors (Lipinski definition) is 4. The molecule has 9 heavy (non-hydrogen) atoms. The van der Waals surface area contributed by atoms with Crippen molar-refractivity contribution in [3.05, 3.63) is 20.2 Å². The van der Waals surface area contributed by atoms with Crippen LogP contribution >= 0.6 is 11.6 Å². The van der Waals surface area contributed by atoms with E-state index in [1.807, 2.05) is 0 Å². The minimum atomic E-state index is -2.21. The molecule has 0 aliphatic rings. The molecule has 0 rings (SSSR count). The zero-order chi connectivity index (χ0) is 6.73. The summed E-state index contributed by atoms with van der Waals surface area (Å²) in [5, 5.41) is 18.7. The molecule has 0 aromatic carbocycles. The van der Waals surface area contributed by atoms with Gasteiger partial charge < -0.3 is 0 Å². The van der Waals surface area contributed by atoms with Crippen molar-refractivity contribution >= 4 is 63.0 Å². The standard InChI is InChI=1S/CHClN2O4.K.H/c2-1(3(5)6)4(7)8;;/h1H;;. The van der Waals surface area contributed by atoms with Crippen LogP contribution in [0.4, 0.5) is 0 Å². The van der Waals surface area contributed by atoms with Gasteiger partial charge in [-0.3, -0.25) is 20.2 Å². The van der Waals surface area contributed by atoms with Gasteiger partial charge in [0.2, 0.25) is 0 Å². The molecule has 0 radical (unpaired) electrons. The third-order valence-electron chi connectivity index (χ3n) is 0.348. The van der Waals surface area contributed by atoms with Crippen molar-refractivity contribution in [3.8, 4) is 0 Å². The Kier molecular flexibility index (Phi) is 7.59. The van der Waals surface area contributed by atoms with Crippen molar-refractivity contribution in [2.75, 3.05) is 0 Å². The second-order valence-electron chi connectivity index (χ2n) is 0.881. The summed E-state index contributed by atoms with van der Waals surface area (Å²) in [4.78, 5) is 16.4. The summed E-state index contributed by atoms with van der Waals surface area (Å²) in [6.45, 7) is 0. The van der Waals surface area contributed by atoms with Crippen molar-refractivity contribution in [2.24, 2.45) is 0 Å². The van der Waals surface area contributed by atoms with Gasteiger partial charge in [0, 0.05) is 11.6 Å². The molecular formula is CH2ClKN2O4. The van der Waals surface area contributed by atoms with E-state index in [4.69, 9.17) is 0 Å². The molecule has 0 fully saturated rings. The van der Waals surface area contributed by atoms with Gasteiger partial charge >= 0.3 is 57.0 Å². The van der Waals surface area contributed by atoms with Crippen LogP contribution in [0.1, 0.15) is 0 Å². The van der Waals surface area contributed by atoms with Crippen LogP contribution in [0.15, 0.2) is 0 Å². The molecule has 0 aromatic rings. The first-order valence-corrected chi connectivity index (χ1v) is 1.90. The predicted octanol–water partition coefficient (Wildman–Crippen LogP) is -0.586. The molecule has 0 aromatic heterocycles. The molecular weight excluding hydrogens is 179 g/mol. The number of rotatable bonds is 2. The van der Waals surface area contributed by atoms with Gasteiger partial charge in [0.25, 0.3) is 0 Å². The molecule has 0 N–H and O–H groups in total. The normalized spacial score (nSPS) is 8.22. The Bertz CT molecular complexity index is 114. The Labute approximate surface area is 97.3 Å². The molecule has 48 valence electrons. The van der Waals surface area contributed by atoms with E-state index < -0.39 is 15.5 Å². The molecule has 0 aliphatic heterocycles. The quantitative estimate of drug-likeness (QED) is 0.142. The van der Waals surface area contributed by atoms with Crippen LogP contribution in [0.3, 0.4) is 0 Å². The summed E-state index contributed by atoms with van der Waals surface area (Å²) in [6, 6.07) is 0. The van der Waals surface area contributed by atoms with Crippen LogP contribution in [0.5, 0.6) is 0 Å². The molecule has 0 bridgehead atoms. The average Bonchev–Trinajstić information content (AvgIpc) is 1.64. The number of alkyl halides is 1. The van der Waals surface area contributed by atoms with E-state index >= 15 is 0 Å². The van der Waals surface area contributed by atoms with Crippen molar-refractivity contribution in [3.63, 3.8) is 0 Å². The minimum absolute atomic E-state index is 0. The fourth-order valence-corrected chi connectivity index (χ4v) is 0.0770. The number of nitro groups is 2. The number of nitrogens with zero attached hydrogens (tertiary/aromatic N) is 2. The Hall–Kier alpha value is 0.726. The van der Waals surface area contributed by atoms with Gasteiger partial charge in [-0.25, -0.2) is 0 Å². The maximum absolute atomic E-state index is 9.37. The third kappa shape index (κ3) is 5.18. The first kappa shape index (κ1) is 12.4. The molecule has 0 saturated heterocycles. The molecule has 0 heterocycles. The van der Waals surface area contributed by atoms with E-state index in [0.717, 1.165) is 0 Å². The van der Waals surface area contributed by atoms with Crippen LogP contribution in [0.2, 0.25) is 0 Å². The fraction of sp³-hybridized carbons (Fsp3) is 1.00. The van der Waals surface area contributed by atoms with E-state index in [9.17, 15) is 20.2 Å². The molecule has 0 atom stereocenters. The Morgan fingerprint density at radius 2 is 1.44 bits per heavy atom. The van der Waals surface area contributed by atoms with Gasteiger partial charge in [-0.1, -0.05) is 0 Å². The summed E-state index contributed by atoms with van der Waals surface area (Å²) in [7, 11) is 0. The first-order chi connectivity index (χ1) is 3.55. The van der Waals surface area contributed by atoms with Crippen LogP contribution in [-0.2, 0) is 0 Å². The van der Waals surface area contributed by atoms with Crippen molar-refractivity contribution in [1.29, 1.82) is 0 Å².